The van der Waals surface area contributed by atoms with E-state index in [0.717, 1.165) is 20.1 Å². The van der Waals surface area contributed by atoms with Gasteiger partial charge in [0, 0.05) is 9.86 Å². The monoisotopic (exact) mass is 387 g/mol. The molecule has 0 bridgehead atoms. The van der Waals surface area contributed by atoms with Crippen molar-refractivity contribution in [2.75, 3.05) is 7.11 Å². The fourth-order valence-corrected chi connectivity index (χ4v) is 3.88. The topological polar surface area (TPSA) is 52.3 Å². The molecule has 4 nitrogen and oxygen atoms in total. The Kier molecular flexibility index (Phi) is 3.43. The number of hydrogen-bond acceptors (Lipinski definition) is 5. The van der Waals surface area contributed by atoms with E-state index in [1.165, 1.54) is 11.3 Å². The van der Waals surface area contributed by atoms with E-state index in [1.54, 1.807) is 19.2 Å². The second-order valence-electron chi connectivity index (χ2n) is 4.96. The fourth-order valence-electron chi connectivity index (χ4n) is 2.46. The number of methoxy groups -OCH3 is 1. The molecule has 0 saturated carbocycles. The minimum Gasteiger partial charge on any atom is -0.493 e. The highest BCUT2D eigenvalue weighted by atomic mass is 79.9. The smallest absolute Gasteiger partial charge is 0.346 e. The van der Waals surface area contributed by atoms with E-state index in [4.69, 9.17) is 9.15 Å². The van der Waals surface area contributed by atoms with Gasteiger partial charge in [0.1, 0.15) is 5.01 Å². The molecule has 0 fully saturated rings. The summed E-state index contributed by atoms with van der Waals surface area (Å²) in [5, 5.41) is 1.44. The Labute approximate surface area is 143 Å². The lowest BCUT2D eigenvalue weighted by Crippen LogP contribution is -2.03. The van der Waals surface area contributed by atoms with Crippen LogP contribution in [0.15, 0.2) is 56.1 Å². The molecule has 4 rings (SSSR count). The van der Waals surface area contributed by atoms with Crippen LogP contribution in [0, 0.1) is 0 Å². The van der Waals surface area contributed by atoms with Crippen molar-refractivity contribution in [3.8, 4) is 16.3 Å². The lowest BCUT2D eigenvalue weighted by atomic mass is 10.2. The Hall–Kier alpha value is -2.18. The van der Waals surface area contributed by atoms with Crippen LogP contribution in [0.25, 0.3) is 31.8 Å². The summed E-state index contributed by atoms with van der Waals surface area (Å²) >= 11 is 4.91. The van der Waals surface area contributed by atoms with Crippen LogP contribution < -0.4 is 10.4 Å². The largest absolute Gasteiger partial charge is 0.493 e. The first-order chi connectivity index (χ1) is 11.2. The number of thiazole rings is 1. The molecule has 2 aromatic heterocycles. The Morgan fingerprint density at radius 2 is 2.04 bits per heavy atom. The van der Waals surface area contributed by atoms with Crippen LogP contribution in [0.1, 0.15) is 0 Å². The zero-order valence-corrected chi connectivity index (χ0v) is 14.4. The third-order valence-corrected chi connectivity index (χ3v) is 5.03. The summed E-state index contributed by atoms with van der Waals surface area (Å²) in [7, 11) is 1.54. The van der Waals surface area contributed by atoms with Crippen molar-refractivity contribution in [2.24, 2.45) is 0 Å². The van der Waals surface area contributed by atoms with E-state index in [0.29, 0.717) is 21.9 Å². The molecule has 6 heteroatoms. The minimum atomic E-state index is -0.419. The van der Waals surface area contributed by atoms with Gasteiger partial charge in [0.2, 0.25) is 0 Å². The maximum atomic E-state index is 12.4. The first-order valence-electron chi connectivity index (χ1n) is 6.83. The van der Waals surface area contributed by atoms with Gasteiger partial charge in [-0.15, -0.1) is 11.3 Å². The number of nitrogens with zero attached hydrogens (tertiary/aromatic N) is 1. The van der Waals surface area contributed by atoms with E-state index in [1.807, 2.05) is 30.3 Å². The van der Waals surface area contributed by atoms with E-state index < -0.39 is 5.63 Å². The summed E-state index contributed by atoms with van der Waals surface area (Å²) in [6.07, 6.45) is 0. The van der Waals surface area contributed by atoms with Gasteiger partial charge in [-0.3, -0.25) is 0 Å². The summed E-state index contributed by atoms with van der Waals surface area (Å²) in [5.74, 6) is 0.516. The molecule has 4 aromatic rings. The zero-order valence-electron chi connectivity index (χ0n) is 12.0. The van der Waals surface area contributed by atoms with Crippen LogP contribution >= 0.6 is 27.3 Å². The molecule has 0 radical (unpaired) electrons. The van der Waals surface area contributed by atoms with Crippen molar-refractivity contribution in [3.63, 3.8) is 0 Å². The van der Waals surface area contributed by atoms with Gasteiger partial charge in [-0.25, -0.2) is 9.78 Å². The standard InChI is InChI=1S/C17H10BrNO3S/c1-21-13-8-10(18)6-9-7-11(17(20)22-15(9)13)16-19-12-4-2-3-5-14(12)23-16/h2-8H,1H3. The van der Waals surface area contributed by atoms with Gasteiger partial charge < -0.3 is 9.15 Å². The molecule has 0 saturated heterocycles. The molecular weight excluding hydrogens is 378 g/mol. The number of para-hydroxylation sites is 1. The van der Waals surface area contributed by atoms with Crippen molar-refractivity contribution in [1.82, 2.24) is 4.98 Å². The zero-order chi connectivity index (χ0) is 16.0. The first kappa shape index (κ1) is 14.4. The molecule has 0 amide bonds. The fraction of sp³-hybridized carbons (Fsp3) is 0.0588. The lowest BCUT2D eigenvalue weighted by Gasteiger charge is -2.06. The second kappa shape index (κ2) is 5.47. The number of hydrogen-bond donors (Lipinski definition) is 0. The molecule has 2 aromatic carbocycles. The molecule has 0 unspecified atom stereocenters. The molecule has 0 N–H and O–H groups in total. The number of rotatable bonds is 2. The average molecular weight is 388 g/mol. The van der Waals surface area contributed by atoms with Gasteiger partial charge in [-0.1, -0.05) is 28.1 Å². The molecule has 0 aliphatic heterocycles. The molecule has 0 aliphatic carbocycles. The number of fused-ring (bicyclic) bond motifs is 2. The lowest BCUT2D eigenvalue weighted by molar-refractivity contribution is 0.406. The molecule has 0 aliphatic rings. The van der Waals surface area contributed by atoms with Gasteiger partial charge in [0.25, 0.3) is 0 Å². The quantitative estimate of drug-likeness (QED) is 0.461. The number of halogens is 1. The summed E-state index contributed by atoms with van der Waals surface area (Å²) < 4.78 is 12.7. The predicted molar refractivity (Wildman–Crippen MR) is 95.4 cm³/mol. The first-order valence-corrected chi connectivity index (χ1v) is 8.44. The van der Waals surface area contributed by atoms with Gasteiger partial charge in [-0.05, 0) is 30.3 Å². The Morgan fingerprint density at radius 3 is 2.83 bits per heavy atom. The Balaban J connectivity index is 2.00. The van der Waals surface area contributed by atoms with Crippen LogP contribution in [-0.2, 0) is 0 Å². The van der Waals surface area contributed by atoms with Crippen LogP contribution in [0.5, 0.6) is 5.75 Å². The molecule has 2 heterocycles. The van der Waals surface area contributed by atoms with E-state index in [2.05, 4.69) is 20.9 Å². The van der Waals surface area contributed by atoms with E-state index >= 15 is 0 Å². The van der Waals surface area contributed by atoms with Gasteiger partial charge in [0.05, 0.1) is 22.9 Å². The molecule has 23 heavy (non-hydrogen) atoms. The highest BCUT2D eigenvalue weighted by Gasteiger charge is 2.15. The molecule has 114 valence electrons. The maximum Gasteiger partial charge on any atom is 0.346 e. The Bertz CT molecular complexity index is 1070. The van der Waals surface area contributed by atoms with Crippen molar-refractivity contribution in [1.29, 1.82) is 0 Å². The van der Waals surface area contributed by atoms with Crippen molar-refractivity contribution in [2.45, 2.75) is 0 Å². The summed E-state index contributed by atoms with van der Waals surface area (Å²) in [6.45, 7) is 0. The summed E-state index contributed by atoms with van der Waals surface area (Å²) in [6, 6.07) is 13.2. The highest BCUT2D eigenvalue weighted by molar-refractivity contribution is 9.10. The normalized spacial score (nSPS) is 11.2. The summed E-state index contributed by atoms with van der Waals surface area (Å²) in [4.78, 5) is 16.9. The summed E-state index contributed by atoms with van der Waals surface area (Å²) in [5.41, 5.74) is 1.35. The van der Waals surface area contributed by atoms with Crippen molar-refractivity contribution in [3.05, 3.63) is 57.4 Å². The number of benzene rings is 2. The maximum absolute atomic E-state index is 12.4. The van der Waals surface area contributed by atoms with Crippen LogP contribution in [0.4, 0.5) is 0 Å². The van der Waals surface area contributed by atoms with Crippen LogP contribution in [0.2, 0.25) is 0 Å². The number of ether oxygens (including phenoxy) is 1. The minimum absolute atomic E-state index is 0.419. The van der Waals surface area contributed by atoms with Crippen LogP contribution in [0.3, 0.4) is 0 Å². The SMILES string of the molecule is COc1cc(Br)cc2cc(-c3nc4ccccc4s3)c(=O)oc12. The molecular formula is C17H10BrNO3S. The molecule has 0 atom stereocenters. The number of aromatic nitrogens is 1. The van der Waals surface area contributed by atoms with Gasteiger partial charge in [0.15, 0.2) is 11.3 Å². The average Bonchev–Trinajstić information content (AvgIpc) is 2.97. The van der Waals surface area contributed by atoms with Gasteiger partial charge in [-0.2, -0.15) is 0 Å². The van der Waals surface area contributed by atoms with Crippen molar-refractivity contribution < 1.29 is 9.15 Å². The van der Waals surface area contributed by atoms with Crippen molar-refractivity contribution >= 4 is 48.5 Å². The third kappa shape index (κ3) is 2.44. The Morgan fingerprint density at radius 1 is 1.22 bits per heavy atom. The third-order valence-electron chi connectivity index (χ3n) is 3.51. The van der Waals surface area contributed by atoms with Crippen LogP contribution in [-0.4, -0.2) is 12.1 Å². The second-order valence-corrected chi connectivity index (χ2v) is 6.91. The highest BCUT2D eigenvalue weighted by Crippen LogP contribution is 2.33. The van der Waals surface area contributed by atoms with Gasteiger partial charge >= 0.3 is 5.63 Å². The molecule has 0 spiro atoms. The van der Waals surface area contributed by atoms with E-state index in [9.17, 15) is 4.79 Å². The predicted octanol–water partition coefficient (Wildman–Crippen LogP) is 4.84. The van der Waals surface area contributed by atoms with E-state index in [-0.39, 0.29) is 0 Å².